The predicted octanol–water partition coefficient (Wildman–Crippen LogP) is 1.98. The van der Waals surface area contributed by atoms with Crippen molar-refractivity contribution in [2.45, 2.75) is 18.6 Å². The van der Waals surface area contributed by atoms with Crippen molar-refractivity contribution in [3.8, 4) is 6.07 Å². The summed E-state index contributed by atoms with van der Waals surface area (Å²) < 4.78 is 21.1. The summed E-state index contributed by atoms with van der Waals surface area (Å²) in [6.07, 6.45) is 5.14. The average molecular weight is 391 g/mol. The van der Waals surface area contributed by atoms with Crippen LogP contribution in [0.5, 0.6) is 0 Å². The van der Waals surface area contributed by atoms with Crippen molar-refractivity contribution >= 4 is 18.3 Å². The molecule has 4 rings (SSSR count). The summed E-state index contributed by atoms with van der Waals surface area (Å²) in [6, 6.07) is 5.45. The van der Waals surface area contributed by atoms with Gasteiger partial charge in [-0.05, 0) is 24.1 Å². The van der Waals surface area contributed by atoms with E-state index in [0.29, 0.717) is 30.9 Å². The molecule has 0 radical (unpaired) electrons. The Morgan fingerprint density at radius 1 is 1.41 bits per heavy atom. The number of rotatable bonds is 3. The van der Waals surface area contributed by atoms with Gasteiger partial charge < -0.3 is 10.1 Å². The van der Waals surface area contributed by atoms with Gasteiger partial charge >= 0.3 is 0 Å². The zero-order chi connectivity index (χ0) is 18.1. The summed E-state index contributed by atoms with van der Waals surface area (Å²) >= 11 is 0. The fourth-order valence-corrected chi connectivity index (χ4v) is 3.70. The molecule has 0 spiro atoms. The standard InChI is InChI=1S/C19H19FN4O2.ClH/c20-19(15-3-1-13(10-21)9-16(15)23-18(19)25)17-4-2-14(11-22-17)12-24-5-7-26-8-6-24;/h1-2,4,9,11,15H,3,5-8,12H2,(H,23,25);1H. The number of hydrogen-bond acceptors (Lipinski definition) is 5. The predicted molar refractivity (Wildman–Crippen MR) is 98.4 cm³/mol. The molecule has 6 nitrogen and oxygen atoms in total. The number of aromatic nitrogens is 1. The summed E-state index contributed by atoms with van der Waals surface area (Å²) in [7, 11) is 0. The molecule has 1 aromatic rings. The van der Waals surface area contributed by atoms with Gasteiger partial charge in [0.1, 0.15) is 0 Å². The number of nitrogens with zero attached hydrogens (tertiary/aromatic N) is 3. The number of amides is 1. The smallest absolute Gasteiger partial charge is 0.268 e. The van der Waals surface area contributed by atoms with E-state index < -0.39 is 17.5 Å². The van der Waals surface area contributed by atoms with Crippen molar-refractivity contribution < 1.29 is 13.9 Å². The average Bonchev–Trinajstić information content (AvgIpc) is 2.94. The molecule has 8 heteroatoms. The first kappa shape index (κ1) is 19.5. The molecule has 2 unspecified atom stereocenters. The number of hydrogen-bond donors (Lipinski definition) is 1. The lowest BCUT2D eigenvalue weighted by Crippen LogP contribution is -2.37. The quantitative estimate of drug-likeness (QED) is 0.853. The van der Waals surface area contributed by atoms with Gasteiger partial charge in [-0.25, -0.2) is 4.39 Å². The van der Waals surface area contributed by atoms with Crippen molar-refractivity contribution in [1.82, 2.24) is 15.2 Å². The van der Waals surface area contributed by atoms with Gasteiger partial charge in [-0.2, -0.15) is 5.26 Å². The van der Waals surface area contributed by atoms with Crippen molar-refractivity contribution in [2.24, 2.45) is 5.92 Å². The van der Waals surface area contributed by atoms with Crippen molar-refractivity contribution in [2.75, 3.05) is 26.3 Å². The zero-order valence-electron chi connectivity index (χ0n) is 14.7. The monoisotopic (exact) mass is 390 g/mol. The highest BCUT2D eigenvalue weighted by Crippen LogP contribution is 2.45. The molecule has 0 aromatic carbocycles. The van der Waals surface area contributed by atoms with E-state index in [-0.39, 0.29) is 18.1 Å². The Kier molecular flexibility index (Phi) is 5.61. The van der Waals surface area contributed by atoms with E-state index in [2.05, 4.69) is 15.2 Å². The maximum Gasteiger partial charge on any atom is 0.268 e. The minimum atomic E-state index is -2.21. The first-order chi connectivity index (χ1) is 12.6. The number of nitriles is 1. The first-order valence-corrected chi connectivity index (χ1v) is 8.69. The lowest BCUT2D eigenvalue weighted by molar-refractivity contribution is -0.131. The van der Waals surface area contributed by atoms with Crippen LogP contribution in [-0.2, 0) is 21.7 Å². The van der Waals surface area contributed by atoms with Crippen LogP contribution in [0.2, 0.25) is 0 Å². The summed E-state index contributed by atoms with van der Waals surface area (Å²) in [5.74, 6) is -1.38. The molecule has 1 amide bonds. The van der Waals surface area contributed by atoms with Gasteiger partial charge in [-0.1, -0.05) is 12.1 Å². The Morgan fingerprint density at radius 3 is 2.85 bits per heavy atom. The minimum Gasteiger partial charge on any atom is -0.379 e. The van der Waals surface area contributed by atoms with Crippen LogP contribution < -0.4 is 5.32 Å². The number of nitrogens with one attached hydrogen (secondary N) is 1. The zero-order valence-corrected chi connectivity index (χ0v) is 15.5. The molecule has 1 aliphatic carbocycles. The van der Waals surface area contributed by atoms with Gasteiger partial charge in [0.05, 0.1) is 30.9 Å². The molecule has 2 atom stereocenters. The second-order valence-corrected chi connectivity index (χ2v) is 6.77. The number of carbonyl (C=O) groups excluding carboxylic acids is 1. The van der Waals surface area contributed by atoms with Crippen LogP contribution in [-0.4, -0.2) is 42.1 Å². The molecule has 2 aliphatic heterocycles. The van der Waals surface area contributed by atoms with E-state index in [1.165, 1.54) is 0 Å². The van der Waals surface area contributed by atoms with Gasteiger partial charge in [-0.3, -0.25) is 14.7 Å². The molecule has 27 heavy (non-hydrogen) atoms. The molecule has 1 N–H and O–H groups in total. The second-order valence-electron chi connectivity index (χ2n) is 6.77. The van der Waals surface area contributed by atoms with Crippen LogP contribution in [0.1, 0.15) is 17.7 Å². The number of morpholine rings is 1. The van der Waals surface area contributed by atoms with E-state index in [1.807, 2.05) is 12.1 Å². The highest BCUT2D eigenvalue weighted by Gasteiger charge is 2.56. The Balaban J connectivity index is 0.00000210. The summed E-state index contributed by atoms with van der Waals surface area (Å²) in [5.41, 5.74) is -0.224. The van der Waals surface area contributed by atoms with Gasteiger partial charge in [-0.15, -0.1) is 12.4 Å². The molecule has 2 saturated heterocycles. The summed E-state index contributed by atoms with van der Waals surface area (Å²) in [6.45, 7) is 3.88. The van der Waals surface area contributed by atoms with Gasteiger partial charge in [0.2, 0.25) is 5.67 Å². The van der Waals surface area contributed by atoms with Gasteiger partial charge in [0.25, 0.3) is 5.91 Å². The number of ether oxygens (including phenoxy) is 1. The molecule has 3 heterocycles. The van der Waals surface area contributed by atoms with Crippen LogP contribution >= 0.6 is 12.4 Å². The maximum atomic E-state index is 15.7. The Hall–Kier alpha value is -2.27. The third-order valence-corrected chi connectivity index (χ3v) is 5.16. The molecule has 0 bridgehead atoms. The SMILES string of the molecule is Cl.N#CC1=CCC2C(=C1)NC(=O)C2(F)c1ccc(CN2CCOCC2)cn1. The molecule has 3 aliphatic rings. The highest BCUT2D eigenvalue weighted by atomic mass is 35.5. The Labute approximate surface area is 163 Å². The third kappa shape index (κ3) is 3.48. The molecular formula is C19H20ClFN4O2. The maximum absolute atomic E-state index is 15.7. The fourth-order valence-electron chi connectivity index (χ4n) is 3.70. The largest absolute Gasteiger partial charge is 0.379 e. The number of alkyl halides is 1. The molecule has 2 fully saturated rings. The second kappa shape index (κ2) is 7.77. The van der Waals surface area contributed by atoms with Crippen LogP contribution in [0.25, 0.3) is 0 Å². The van der Waals surface area contributed by atoms with Gasteiger partial charge in [0.15, 0.2) is 0 Å². The Morgan fingerprint density at radius 2 is 2.19 bits per heavy atom. The lowest BCUT2D eigenvalue weighted by atomic mass is 9.81. The van der Waals surface area contributed by atoms with Crippen molar-refractivity contribution in [3.05, 3.63) is 53.0 Å². The third-order valence-electron chi connectivity index (χ3n) is 5.16. The Bertz CT molecular complexity index is 827. The summed E-state index contributed by atoms with van der Waals surface area (Å²) in [4.78, 5) is 18.9. The first-order valence-electron chi connectivity index (χ1n) is 8.69. The molecule has 142 valence electrons. The van der Waals surface area contributed by atoms with Crippen molar-refractivity contribution in [1.29, 1.82) is 5.26 Å². The van der Waals surface area contributed by atoms with Crippen LogP contribution in [0.4, 0.5) is 4.39 Å². The highest BCUT2D eigenvalue weighted by molar-refractivity contribution is 5.92. The van der Waals surface area contributed by atoms with Crippen molar-refractivity contribution in [3.63, 3.8) is 0 Å². The van der Waals surface area contributed by atoms with Crippen LogP contribution in [0.15, 0.2) is 41.8 Å². The summed E-state index contributed by atoms with van der Waals surface area (Å²) in [5, 5.41) is 11.6. The van der Waals surface area contributed by atoms with E-state index in [1.54, 1.807) is 24.4 Å². The van der Waals surface area contributed by atoms with Crippen LogP contribution in [0, 0.1) is 17.2 Å². The lowest BCUT2D eigenvalue weighted by Gasteiger charge is -2.27. The van der Waals surface area contributed by atoms with Crippen LogP contribution in [0.3, 0.4) is 0 Å². The topological polar surface area (TPSA) is 78.2 Å². The van der Waals surface area contributed by atoms with E-state index >= 15 is 4.39 Å². The van der Waals surface area contributed by atoms with E-state index in [0.717, 1.165) is 25.2 Å². The van der Waals surface area contributed by atoms with Gasteiger partial charge in [0, 0.05) is 37.1 Å². The normalized spacial score (nSPS) is 27.6. The minimum absolute atomic E-state index is 0. The number of pyridine rings is 1. The molecule has 0 saturated carbocycles. The van der Waals surface area contributed by atoms with E-state index in [4.69, 9.17) is 10.00 Å². The molecule has 1 aromatic heterocycles. The number of halogens is 2. The number of fused-ring (bicyclic) bond motifs is 1. The fraction of sp³-hybridized carbons (Fsp3) is 0.421. The number of allylic oxidation sites excluding steroid dienone is 4. The number of carbonyl (C=O) groups is 1. The molecular weight excluding hydrogens is 371 g/mol. The van der Waals surface area contributed by atoms with E-state index in [9.17, 15) is 4.79 Å².